The molecule has 0 saturated heterocycles. The summed E-state index contributed by atoms with van der Waals surface area (Å²) in [5.41, 5.74) is 5.65. The van der Waals surface area contributed by atoms with Crippen LogP contribution in [0.2, 0.25) is 0 Å². The Morgan fingerprint density at radius 3 is 2.79 bits per heavy atom. The molecule has 2 aromatic heterocycles. The fraction of sp³-hybridized carbons (Fsp3) is 0.308. The Morgan fingerprint density at radius 1 is 1.47 bits per heavy atom. The van der Waals surface area contributed by atoms with Crippen LogP contribution in [-0.4, -0.2) is 32.5 Å². The second-order valence-corrected chi connectivity index (χ2v) is 4.92. The Balaban J connectivity index is 2.13. The van der Waals surface area contributed by atoms with Crippen LogP contribution in [0.4, 0.5) is 0 Å². The predicted molar refractivity (Wildman–Crippen MR) is 72.0 cm³/mol. The number of hydrogen-bond donors (Lipinski definition) is 2. The van der Waals surface area contributed by atoms with Crippen LogP contribution in [0.25, 0.3) is 5.82 Å². The zero-order valence-electron chi connectivity index (χ0n) is 11.0. The van der Waals surface area contributed by atoms with Crippen molar-refractivity contribution in [3.63, 3.8) is 0 Å². The summed E-state index contributed by atoms with van der Waals surface area (Å²) in [4.78, 5) is 20.2. The van der Waals surface area contributed by atoms with Gasteiger partial charge < -0.3 is 11.1 Å². The molecule has 0 aliphatic carbocycles. The highest BCUT2D eigenvalue weighted by atomic mass is 16.1. The minimum Gasteiger partial charge on any atom is -0.346 e. The second kappa shape index (κ2) is 5.19. The molecule has 2 aromatic rings. The molecule has 0 radical (unpaired) electrons. The molecule has 0 spiro atoms. The van der Waals surface area contributed by atoms with Gasteiger partial charge in [0.25, 0.3) is 5.91 Å². The van der Waals surface area contributed by atoms with Crippen molar-refractivity contribution in [3.05, 3.63) is 42.6 Å². The van der Waals surface area contributed by atoms with Gasteiger partial charge in [-0.15, -0.1) is 0 Å². The highest BCUT2D eigenvalue weighted by Crippen LogP contribution is 2.07. The van der Waals surface area contributed by atoms with E-state index in [2.05, 4.69) is 15.3 Å². The maximum absolute atomic E-state index is 12.0. The number of nitrogens with two attached hydrogens (primary N) is 1. The Bertz CT molecular complexity index is 545. The van der Waals surface area contributed by atoms with E-state index in [1.165, 1.54) is 6.20 Å². The molecule has 6 nitrogen and oxygen atoms in total. The maximum atomic E-state index is 12.0. The molecule has 1 amide bonds. The number of carbonyl (C=O) groups excluding carboxylic acids is 1. The van der Waals surface area contributed by atoms with E-state index in [0.717, 1.165) is 0 Å². The third kappa shape index (κ3) is 3.17. The number of rotatable bonds is 4. The molecule has 0 aromatic carbocycles. The molecule has 2 rings (SSSR count). The van der Waals surface area contributed by atoms with Crippen LogP contribution in [0, 0.1) is 0 Å². The lowest BCUT2D eigenvalue weighted by Crippen LogP contribution is -2.48. The van der Waals surface area contributed by atoms with E-state index in [0.29, 0.717) is 17.9 Å². The largest absolute Gasteiger partial charge is 0.346 e. The molecular weight excluding hydrogens is 242 g/mol. The van der Waals surface area contributed by atoms with Crippen molar-refractivity contribution in [1.29, 1.82) is 0 Å². The summed E-state index contributed by atoms with van der Waals surface area (Å²) in [6.45, 7) is 4.12. The highest BCUT2D eigenvalue weighted by Gasteiger charge is 2.19. The Hall–Kier alpha value is -2.21. The maximum Gasteiger partial charge on any atom is 0.253 e. The van der Waals surface area contributed by atoms with Crippen molar-refractivity contribution < 1.29 is 4.79 Å². The minimum absolute atomic E-state index is 0.180. The number of aromatic nitrogens is 3. The minimum atomic E-state index is -0.430. The summed E-state index contributed by atoms with van der Waals surface area (Å²) in [6.07, 6.45) is 6.66. The molecule has 0 bridgehead atoms. The standard InChI is InChI=1S/C13H17N5O/c1-13(2,8-14)17-12(19)10-3-4-11(16-7-10)18-6-5-15-9-18/h3-7,9H,8,14H2,1-2H3,(H,17,19). The van der Waals surface area contributed by atoms with Gasteiger partial charge in [-0.3, -0.25) is 9.36 Å². The smallest absolute Gasteiger partial charge is 0.253 e. The van der Waals surface area contributed by atoms with Crippen molar-refractivity contribution >= 4 is 5.91 Å². The van der Waals surface area contributed by atoms with Crippen molar-refractivity contribution in [3.8, 4) is 5.82 Å². The van der Waals surface area contributed by atoms with Gasteiger partial charge in [-0.05, 0) is 26.0 Å². The number of nitrogens with zero attached hydrogens (tertiary/aromatic N) is 3. The van der Waals surface area contributed by atoms with Crippen molar-refractivity contribution in [2.24, 2.45) is 5.73 Å². The molecule has 0 fully saturated rings. The fourth-order valence-electron chi connectivity index (χ4n) is 1.50. The summed E-state index contributed by atoms with van der Waals surface area (Å²) < 4.78 is 1.77. The highest BCUT2D eigenvalue weighted by molar-refractivity contribution is 5.94. The zero-order chi connectivity index (χ0) is 13.9. The van der Waals surface area contributed by atoms with Gasteiger partial charge in [-0.1, -0.05) is 0 Å². The molecule has 0 atom stereocenters. The first-order valence-electron chi connectivity index (χ1n) is 5.99. The van der Waals surface area contributed by atoms with Crippen LogP contribution >= 0.6 is 0 Å². The average molecular weight is 259 g/mol. The van der Waals surface area contributed by atoms with Gasteiger partial charge in [0.2, 0.25) is 0 Å². The topological polar surface area (TPSA) is 85.8 Å². The molecule has 0 aliphatic rings. The van der Waals surface area contributed by atoms with Gasteiger partial charge in [0.15, 0.2) is 0 Å². The SMILES string of the molecule is CC(C)(CN)NC(=O)c1ccc(-n2ccnc2)nc1. The van der Waals surface area contributed by atoms with Gasteiger partial charge in [0.1, 0.15) is 12.1 Å². The molecule has 19 heavy (non-hydrogen) atoms. The average Bonchev–Trinajstić information content (AvgIpc) is 2.92. The van der Waals surface area contributed by atoms with E-state index < -0.39 is 5.54 Å². The molecule has 0 saturated carbocycles. The van der Waals surface area contributed by atoms with E-state index >= 15 is 0 Å². The van der Waals surface area contributed by atoms with Crippen LogP contribution in [-0.2, 0) is 0 Å². The Labute approximate surface area is 111 Å². The van der Waals surface area contributed by atoms with E-state index in [-0.39, 0.29) is 5.91 Å². The lowest BCUT2D eigenvalue weighted by molar-refractivity contribution is 0.0915. The molecule has 0 unspecified atom stereocenters. The van der Waals surface area contributed by atoms with Crippen molar-refractivity contribution in [2.75, 3.05) is 6.54 Å². The molecule has 0 aliphatic heterocycles. The summed E-state index contributed by atoms with van der Waals surface area (Å²) in [6, 6.07) is 3.50. The van der Waals surface area contributed by atoms with Gasteiger partial charge >= 0.3 is 0 Å². The van der Waals surface area contributed by atoms with Gasteiger partial charge in [-0.25, -0.2) is 9.97 Å². The number of carbonyl (C=O) groups is 1. The lowest BCUT2D eigenvalue weighted by atomic mass is 10.1. The normalized spacial score (nSPS) is 11.3. The molecule has 2 heterocycles. The Kier molecular flexibility index (Phi) is 3.62. The van der Waals surface area contributed by atoms with Crippen LogP contribution < -0.4 is 11.1 Å². The van der Waals surface area contributed by atoms with Crippen LogP contribution in [0.3, 0.4) is 0 Å². The zero-order valence-corrected chi connectivity index (χ0v) is 11.0. The summed E-state index contributed by atoms with van der Waals surface area (Å²) in [5, 5.41) is 2.85. The fourth-order valence-corrected chi connectivity index (χ4v) is 1.50. The summed E-state index contributed by atoms with van der Waals surface area (Å²) in [5.74, 6) is 0.535. The quantitative estimate of drug-likeness (QED) is 0.847. The van der Waals surface area contributed by atoms with Gasteiger partial charge in [0, 0.05) is 30.7 Å². The lowest BCUT2D eigenvalue weighted by Gasteiger charge is -2.24. The predicted octanol–water partition coefficient (Wildman–Crippen LogP) is 0.734. The molecule has 6 heteroatoms. The first-order chi connectivity index (χ1) is 9.02. The number of pyridine rings is 1. The summed E-state index contributed by atoms with van der Waals surface area (Å²) >= 11 is 0. The third-order valence-corrected chi connectivity index (χ3v) is 2.74. The van der Waals surface area contributed by atoms with Gasteiger partial charge in [0.05, 0.1) is 5.56 Å². The van der Waals surface area contributed by atoms with E-state index in [1.807, 2.05) is 13.8 Å². The van der Waals surface area contributed by atoms with Crippen LogP contribution in [0.1, 0.15) is 24.2 Å². The summed E-state index contributed by atoms with van der Waals surface area (Å²) in [7, 11) is 0. The first-order valence-corrected chi connectivity index (χ1v) is 5.99. The van der Waals surface area contributed by atoms with Crippen molar-refractivity contribution in [1.82, 2.24) is 19.9 Å². The van der Waals surface area contributed by atoms with Crippen LogP contribution in [0.15, 0.2) is 37.1 Å². The number of hydrogen-bond acceptors (Lipinski definition) is 4. The van der Waals surface area contributed by atoms with E-state index in [4.69, 9.17) is 5.73 Å². The number of nitrogens with one attached hydrogen (secondary N) is 1. The van der Waals surface area contributed by atoms with E-state index in [9.17, 15) is 4.79 Å². The number of imidazole rings is 1. The third-order valence-electron chi connectivity index (χ3n) is 2.74. The molecular formula is C13H17N5O. The van der Waals surface area contributed by atoms with E-state index in [1.54, 1.807) is 35.4 Å². The van der Waals surface area contributed by atoms with Gasteiger partial charge in [-0.2, -0.15) is 0 Å². The van der Waals surface area contributed by atoms with Crippen LogP contribution in [0.5, 0.6) is 0 Å². The molecule has 3 N–H and O–H groups in total. The Morgan fingerprint density at radius 2 is 2.26 bits per heavy atom. The molecule has 100 valence electrons. The first kappa shape index (κ1) is 13.2. The van der Waals surface area contributed by atoms with Crippen molar-refractivity contribution in [2.45, 2.75) is 19.4 Å². The second-order valence-electron chi connectivity index (χ2n) is 4.92. The monoisotopic (exact) mass is 259 g/mol. The number of amides is 1.